The lowest BCUT2D eigenvalue weighted by Gasteiger charge is -2.61. The quantitative estimate of drug-likeness (QED) is 0.666. The van der Waals surface area contributed by atoms with Gasteiger partial charge >= 0.3 is 5.97 Å². The fraction of sp³-hybridized carbons (Fsp3) is 0.643. The standard InChI is InChI=1S/C28H36O4/c1-27-13-12-23-20(22(27)10-11-25(27)30)9-8-18-14-19(29)15-24(28(18,23)2)21(16-26(31)32)17-6-4-3-5-7-17/h3-7,14,20-25,30H,8-13,15-16H2,1-2H3,(H,31,32)/t20-,21?,22-,23-,24?,25-,27-,28-/m0/s1. The summed E-state index contributed by atoms with van der Waals surface area (Å²) in [5.74, 6) is 0.707. The number of hydrogen-bond donors (Lipinski definition) is 2. The van der Waals surface area contributed by atoms with Gasteiger partial charge in [-0.3, -0.25) is 9.59 Å². The molecular formula is C28H36O4. The maximum Gasteiger partial charge on any atom is 0.303 e. The molecule has 4 aliphatic carbocycles. The highest BCUT2D eigenvalue weighted by molar-refractivity contribution is 5.92. The van der Waals surface area contributed by atoms with Gasteiger partial charge in [0.25, 0.3) is 0 Å². The maximum absolute atomic E-state index is 12.9. The molecule has 0 heterocycles. The number of hydrogen-bond acceptors (Lipinski definition) is 3. The number of rotatable bonds is 4. The van der Waals surface area contributed by atoms with E-state index in [-0.39, 0.29) is 41.0 Å². The largest absolute Gasteiger partial charge is 0.481 e. The molecule has 0 radical (unpaired) electrons. The monoisotopic (exact) mass is 436 g/mol. The van der Waals surface area contributed by atoms with E-state index in [2.05, 4.69) is 13.8 Å². The fourth-order valence-corrected chi connectivity index (χ4v) is 8.60. The summed E-state index contributed by atoms with van der Waals surface area (Å²) in [6.45, 7) is 4.64. The number of carboxylic acid groups (broad SMARTS) is 1. The zero-order valence-corrected chi connectivity index (χ0v) is 19.3. The number of allylic oxidation sites excluding steroid dienone is 1. The Bertz CT molecular complexity index is 936. The van der Waals surface area contributed by atoms with Crippen molar-refractivity contribution in [1.82, 2.24) is 0 Å². The Morgan fingerprint density at radius 3 is 2.56 bits per heavy atom. The minimum atomic E-state index is -0.798. The molecule has 4 aliphatic rings. The van der Waals surface area contributed by atoms with Crippen molar-refractivity contribution in [1.29, 1.82) is 0 Å². The molecule has 0 aliphatic heterocycles. The van der Waals surface area contributed by atoms with Gasteiger partial charge in [-0.05, 0) is 90.6 Å². The van der Waals surface area contributed by atoms with Crippen LogP contribution in [0.25, 0.3) is 0 Å². The second-order valence-electron chi connectivity index (χ2n) is 11.4. The normalized spacial score (nSPS) is 41.8. The summed E-state index contributed by atoms with van der Waals surface area (Å²) in [7, 11) is 0. The lowest BCUT2D eigenvalue weighted by Crippen LogP contribution is -2.55. The first-order valence-electron chi connectivity index (χ1n) is 12.4. The first-order chi connectivity index (χ1) is 15.2. The molecule has 1 aromatic carbocycles. The lowest BCUT2D eigenvalue weighted by molar-refractivity contribution is -0.139. The zero-order chi connectivity index (χ0) is 22.7. The first-order valence-corrected chi connectivity index (χ1v) is 12.4. The molecule has 172 valence electrons. The van der Waals surface area contributed by atoms with Gasteiger partial charge in [0, 0.05) is 6.42 Å². The molecule has 2 unspecified atom stereocenters. The Labute approximate surface area is 191 Å². The Morgan fingerprint density at radius 2 is 1.84 bits per heavy atom. The van der Waals surface area contributed by atoms with Crippen LogP contribution in [-0.4, -0.2) is 28.1 Å². The van der Waals surface area contributed by atoms with E-state index in [0.717, 1.165) is 44.1 Å². The maximum atomic E-state index is 12.9. The third kappa shape index (κ3) is 3.21. The summed E-state index contributed by atoms with van der Waals surface area (Å²) in [6, 6.07) is 9.98. The number of carboxylic acids is 1. The van der Waals surface area contributed by atoms with E-state index in [0.29, 0.717) is 24.2 Å². The van der Waals surface area contributed by atoms with Gasteiger partial charge in [-0.2, -0.15) is 0 Å². The predicted octanol–water partition coefficient (Wildman–Crippen LogP) is 5.36. The molecule has 0 saturated heterocycles. The minimum absolute atomic E-state index is 0.00279. The van der Waals surface area contributed by atoms with Crippen LogP contribution < -0.4 is 0 Å². The van der Waals surface area contributed by atoms with Crippen LogP contribution in [0.2, 0.25) is 0 Å². The van der Waals surface area contributed by atoms with Crippen molar-refractivity contribution in [2.45, 2.75) is 77.2 Å². The van der Waals surface area contributed by atoms with Crippen molar-refractivity contribution in [3.63, 3.8) is 0 Å². The van der Waals surface area contributed by atoms with E-state index in [9.17, 15) is 19.8 Å². The average Bonchev–Trinajstić information content (AvgIpc) is 3.07. The molecule has 0 aromatic heterocycles. The number of carbonyl (C=O) groups is 2. The van der Waals surface area contributed by atoms with Gasteiger partial charge in [-0.1, -0.05) is 49.8 Å². The average molecular weight is 437 g/mol. The van der Waals surface area contributed by atoms with Gasteiger partial charge in [0.05, 0.1) is 12.5 Å². The van der Waals surface area contributed by atoms with Crippen molar-refractivity contribution in [2.24, 2.45) is 34.5 Å². The molecule has 2 N–H and O–H groups in total. The van der Waals surface area contributed by atoms with Crippen LogP contribution in [0.1, 0.15) is 76.7 Å². The van der Waals surface area contributed by atoms with Crippen LogP contribution in [0.3, 0.4) is 0 Å². The number of aliphatic hydroxyl groups is 1. The molecule has 5 rings (SSSR count). The van der Waals surface area contributed by atoms with Crippen molar-refractivity contribution in [3.8, 4) is 0 Å². The van der Waals surface area contributed by atoms with Crippen molar-refractivity contribution in [3.05, 3.63) is 47.5 Å². The van der Waals surface area contributed by atoms with Crippen LogP contribution in [0.5, 0.6) is 0 Å². The topological polar surface area (TPSA) is 74.6 Å². The molecule has 32 heavy (non-hydrogen) atoms. The second-order valence-corrected chi connectivity index (χ2v) is 11.4. The number of carbonyl (C=O) groups excluding carboxylic acids is 1. The molecule has 8 atom stereocenters. The number of aliphatic hydroxyl groups excluding tert-OH is 1. The Balaban J connectivity index is 1.58. The molecule has 0 spiro atoms. The van der Waals surface area contributed by atoms with E-state index in [1.807, 2.05) is 36.4 Å². The van der Waals surface area contributed by atoms with Gasteiger partial charge in [0.1, 0.15) is 0 Å². The Kier molecular flexibility index (Phi) is 5.35. The van der Waals surface area contributed by atoms with Crippen LogP contribution >= 0.6 is 0 Å². The Hall–Kier alpha value is -1.94. The fourth-order valence-electron chi connectivity index (χ4n) is 8.60. The first kappa shape index (κ1) is 21.9. The third-order valence-electron chi connectivity index (χ3n) is 10.2. The highest BCUT2D eigenvalue weighted by Gasteiger charge is 2.61. The van der Waals surface area contributed by atoms with Gasteiger partial charge in [0.15, 0.2) is 5.78 Å². The Morgan fingerprint density at radius 1 is 1.09 bits per heavy atom. The van der Waals surface area contributed by atoms with E-state index in [1.165, 1.54) is 5.57 Å². The third-order valence-corrected chi connectivity index (χ3v) is 10.2. The second kappa shape index (κ2) is 7.83. The van der Waals surface area contributed by atoms with Crippen molar-refractivity contribution >= 4 is 11.8 Å². The summed E-state index contributed by atoms with van der Waals surface area (Å²) in [5.41, 5.74) is 2.14. The molecule has 1 aromatic rings. The molecule has 4 heteroatoms. The number of ketones is 1. The van der Waals surface area contributed by atoms with E-state index in [1.54, 1.807) is 0 Å². The van der Waals surface area contributed by atoms with E-state index >= 15 is 0 Å². The van der Waals surface area contributed by atoms with Gasteiger partial charge < -0.3 is 10.2 Å². The smallest absolute Gasteiger partial charge is 0.303 e. The van der Waals surface area contributed by atoms with Crippen molar-refractivity contribution in [2.75, 3.05) is 0 Å². The molecule has 0 bridgehead atoms. The molecule has 0 amide bonds. The van der Waals surface area contributed by atoms with Crippen LogP contribution in [-0.2, 0) is 9.59 Å². The highest BCUT2D eigenvalue weighted by Crippen LogP contribution is 2.67. The summed E-state index contributed by atoms with van der Waals surface area (Å²) in [5, 5.41) is 20.6. The molecule has 3 saturated carbocycles. The summed E-state index contributed by atoms with van der Waals surface area (Å²) < 4.78 is 0. The van der Waals surface area contributed by atoms with E-state index in [4.69, 9.17) is 0 Å². The number of aliphatic carboxylic acids is 1. The van der Waals surface area contributed by atoms with Crippen LogP contribution in [0.4, 0.5) is 0 Å². The van der Waals surface area contributed by atoms with Crippen LogP contribution in [0.15, 0.2) is 42.0 Å². The van der Waals surface area contributed by atoms with Crippen LogP contribution in [0, 0.1) is 34.5 Å². The number of fused-ring (bicyclic) bond motifs is 5. The summed E-state index contributed by atoms with van der Waals surface area (Å²) >= 11 is 0. The molecule has 4 nitrogen and oxygen atoms in total. The predicted molar refractivity (Wildman–Crippen MR) is 123 cm³/mol. The van der Waals surface area contributed by atoms with Gasteiger partial charge in [-0.15, -0.1) is 0 Å². The summed E-state index contributed by atoms with van der Waals surface area (Å²) in [6.07, 6.45) is 8.29. The van der Waals surface area contributed by atoms with Gasteiger partial charge in [-0.25, -0.2) is 0 Å². The van der Waals surface area contributed by atoms with E-state index < -0.39 is 5.97 Å². The number of benzene rings is 1. The zero-order valence-electron chi connectivity index (χ0n) is 19.3. The SMILES string of the molecule is C[C@]12CC[C@H]3[C@@H](CCC4=CC(=O)CC(C(CC(=O)O)c5ccccc5)[C@@]43C)[C@@H]1CC[C@@H]2O. The van der Waals surface area contributed by atoms with Gasteiger partial charge in [0.2, 0.25) is 0 Å². The molecular weight excluding hydrogens is 400 g/mol. The minimum Gasteiger partial charge on any atom is -0.481 e. The molecule has 3 fully saturated rings. The van der Waals surface area contributed by atoms with Crippen molar-refractivity contribution < 1.29 is 19.8 Å². The highest BCUT2D eigenvalue weighted by atomic mass is 16.4. The summed E-state index contributed by atoms with van der Waals surface area (Å²) in [4.78, 5) is 24.8. The lowest BCUT2D eigenvalue weighted by atomic mass is 9.43.